The van der Waals surface area contributed by atoms with Gasteiger partial charge in [0.2, 0.25) is 5.91 Å². The van der Waals surface area contributed by atoms with Gasteiger partial charge in [-0.2, -0.15) is 0 Å². The number of carbonyl (C=O) groups excluding carboxylic acids is 1. The number of ether oxygens (including phenoxy) is 1. The molecule has 0 spiro atoms. The Morgan fingerprint density at radius 3 is 2.80 bits per heavy atom. The molecule has 0 bridgehead atoms. The van der Waals surface area contributed by atoms with Gasteiger partial charge in [-0.25, -0.2) is 0 Å². The summed E-state index contributed by atoms with van der Waals surface area (Å²) in [5, 5.41) is 3.42. The van der Waals surface area contributed by atoms with E-state index < -0.39 is 0 Å². The molecule has 0 aliphatic heterocycles. The van der Waals surface area contributed by atoms with Crippen molar-refractivity contribution in [3.63, 3.8) is 0 Å². The first-order valence-electron chi connectivity index (χ1n) is 7.03. The summed E-state index contributed by atoms with van der Waals surface area (Å²) in [7, 11) is 0. The second kappa shape index (κ2) is 6.46. The van der Waals surface area contributed by atoms with Gasteiger partial charge in [0.1, 0.15) is 5.75 Å². The maximum absolute atomic E-state index is 12.2. The van der Waals surface area contributed by atoms with Crippen LogP contribution in [0.5, 0.6) is 5.75 Å². The van der Waals surface area contributed by atoms with Crippen LogP contribution in [-0.2, 0) is 4.79 Å². The highest BCUT2D eigenvalue weighted by molar-refractivity contribution is 6.31. The monoisotopic (exact) mass is 296 g/mol. The molecule has 1 aliphatic carbocycles. The molecule has 0 unspecified atom stereocenters. The molecule has 2 rings (SSSR count). The van der Waals surface area contributed by atoms with Crippen molar-refractivity contribution in [2.75, 3.05) is 11.9 Å². The zero-order valence-corrected chi connectivity index (χ0v) is 12.5. The summed E-state index contributed by atoms with van der Waals surface area (Å²) in [6.45, 7) is 2.43. The van der Waals surface area contributed by atoms with E-state index in [4.69, 9.17) is 22.1 Å². The van der Waals surface area contributed by atoms with Crippen molar-refractivity contribution >= 4 is 23.2 Å². The minimum atomic E-state index is -0.353. The number of carbonyl (C=O) groups is 1. The van der Waals surface area contributed by atoms with Crippen LogP contribution in [0.2, 0.25) is 5.02 Å². The molecule has 1 aliphatic rings. The predicted octanol–water partition coefficient (Wildman–Crippen LogP) is 3.34. The number of amides is 1. The molecule has 4 nitrogen and oxygen atoms in total. The Bertz CT molecular complexity index is 485. The summed E-state index contributed by atoms with van der Waals surface area (Å²) < 4.78 is 5.48. The van der Waals surface area contributed by atoms with Crippen molar-refractivity contribution in [3.05, 3.63) is 23.2 Å². The second-order valence-corrected chi connectivity index (χ2v) is 5.80. The molecule has 5 heteroatoms. The Morgan fingerprint density at radius 1 is 1.45 bits per heavy atom. The van der Waals surface area contributed by atoms with E-state index in [1.807, 2.05) is 6.92 Å². The SMILES string of the molecule is CCOc1ccc(Cl)cc1NC(=O)CC1(N)CCCC1. The van der Waals surface area contributed by atoms with Gasteiger partial charge in [0.15, 0.2) is 0 Å². The van der Waals surface area contributed by atoms with Gasteiger partial charge in [0, 0.05) is 17.0 Å². The van der Waals surface area contributed by atoms with E-state index in [2.05, 4.69) is 5.32 Å². The van der Waals surface area contributed by atoms with E-state index in [1.165, 1.54) is 0 Å². The average Bonchev–Trinajstić information content (AvgIpc) is 2.79. The van der Waals surface area contributed by atoms with Crippen molar-refractivity contribution in [2.45, 2.75) is 44.6 Å². The van der Waals surface area contributed by atoms with Crippen molar-refractivity contribution in [3.8, 4) is 5.75 Å². The molecule has 0 heterocycles. The molecular formula is C15H21ClN2O2. The molecule has 1 aromatic carbocycles. The molecule has 0 atom stereocenters. The van der Waals surface area contributed by atoms with Crippen LogP contribution in [0.4, 0.5) is 5.69 Å². The highest BCUT2D eigenvalue weighted by Crippen LogP contribution is 2.32. The number of nitrogens with one attached hydrogen (secondary N) is 1. The largest absolute Gasteiger partial charge is 0.492 e. The standard InChI is InChI=1S/C15H21ClN2O2/c1-2-20-13-6-5-11(16)9-12(13)18-14(19)10-15(17)7-3-4-8-15/h5-6,9H,2-4,7-8,10,17H2,1H3,(H,18,19). The summed E-state index contributed by atoms with van der Waals surface area (Å²) in [5.41, 5.74) is 6.47. The first kappa shape index (κ1) is 15.1. The van der Waals surface area contributed by atoms with E-state index in [1.54, 1.807) is 18.2 Å². The minimum Gasteiger partial charge on any atom is -0.492 e. The molecule has 110 valence electrons. The zero-order valence-electron chi connectivity index (χ0n) is 11.7. The van der Waals surface area contributed by atoms with Crippen LogP contribution in [0.3, 0.4) is 0 Å². The highest BCUT2D eigenvalue weighted by Gasteiger charge is 2.31. The van der Waals surface area contributed by atoms with Crippen LogP contribution in [0.15, 0.2) is 18.2 Å². The third-order valence-corrected chi connectivity index (χ3v) is 3.86. The average molecular weight is 297 g/mol. The van der Waals surface area contributed by atoms with Gasteiger partial charge in [0.25, 0.3) is 0 Å². The predicted molar refractivity (Wildman–Crippen MR) is 81.3 cm³/mol. The minimum absolute atomic E-state index is 0.0855. The molecule has 1 fully saturated rings. The number of benzene rings is 1. The highest BCUT2D eigenvalue weighted by atomic mass is 35.5. The maximum Gasteiger partial charge on any atom is 0.226 e. The van der Waals surface area contributed by atoms with Crippen LogP contribution in [0, 0.1) is 0 Å². The Balaban J connectivity index is 2.04. The van der Waals surface area contributed by atoms with Crippen molar-refractivity contribution in [2.24, 2.45) is 5.73 Å². The van der Waals surface area contributed by atoms with Crippen molar-refractivity contribution in [1.82, 2.24) is 0 Å². The Labute approximate surface area is 124 Å². The van der Waals surface area contributed by atoms with Crippen LogP contribution < -0.4 is 15.8 Å². The summed E-state index contributed by atoms with van der Waals surface area (Å²) in [4.78, 5) is 12.2. The fraction of sp³-hybridized carbons (Fsp3) is 0.533. The Morgan fingerprint density at radius 2 is 2.15 bits per heavy atom. The molecule has 3 N–H and O–H groups in total. The van der Waals surface area contributed by atoms with Crippen molar-refractivity contribution in [1.29, 1.82) is 0 Å². The third kappa shape index (κ3) is 3.87. The normalized spacial score (nSPS) is 16.9. The van der Waals surface area contributed by atoms with Gasteiger partial charge >= 0.3 is 0 Å². The zero-order chi connectivity index (χ0) is 14.6. The number of hydrogen-bond acceptors (Lipinski definition) is 3. The van der Waals surface area contributed by atoms with Crippen LogP contribution in [0.25, 0.3) is 0 Å². The first-order chi connectivity index (χ1) is 9.52. The van der Waals surface area contributed by atoms with Gasteiger partial charge in [-0.1, -0.05) is 24.4 Å². The van der Waals surface area contributed by atoms with E-state index in [-0.39, 0.29) is 11.4 Å². The van der Waals surface area contributed by atoms with Crippen LogP contribution in [0.1, 0.15) is 39.0 Å². The van der Waals surface area contributed by atoms with Crippen molar-refractivity contribution < 1.29 is 9.53 Å². The molecule has 20 heavy (non-hydrogen) atoms. The molecule has 1 saturated carbocycles. The molecule has 0 radical (unpaired) electrons. The molecular weight excluding hydrogens is 276 g/mol. The summed E-state index contributed by atoms with van der Waals surface area (Å²) >= 11 is 5.97. The Kier molecular flexibility index (Phi) is 4.89. The third-order valence-electron chi connectivity index (χ3n) is 3.63. The molecule has 0 saturated heterocycles. The lowest BCUT2D eigenvalue weighted by Gasteiger charge is -2.23. The van der Waals surface area contributed by atoms with Gasteiger partial charge < -0.3 is 15.8 Å². The smallest absolute Gasteiger partial charge is 0.226 e. The lowest BCUT2D eigenvalue weighted by atomic mass is 9.94. The first-order valence-corrected chi connectivity index (χ1v) is 7.41. The number of anilines is 1. The lowest BCUT2D eigenvalue weighted by molar-refractivity contribution is -0.117. The molecule has 0 aromatic heterocycles. The summed E-state index contributed by atoms with van der Waals surface area (Å²) in [6, 6.07) is 5.20. The van der Waals surface area contributed by atoms with Gasteiger partial charge in [-0.15, -0.1) is 0 Å². The number of hydrogen-bond donors (Lipinski definition) is 2. The van der Waals surface area contributed by atoms with E-state index in [0.717, 1.165) is 25.7 Å². The van der Waals surface area contributed by atoms with E-state index >= 15 is 0 Å². The van der Waals surface area contributed by atoms with Gasteiger partial charge in [0.05, 0.1) is 12.3 Å². The topological polar surface area (TPSA) is 64.3 Å². The molecule has 1 aromatic rings. The lowest BCUT2D eigenvalue weighted by Crippen LogP contribution is -2.40. The fourth-order valence-corrected chi connectivity index (χ4v) is 2.82. The summed E-state index contributed by atoms with van der Waals surface area (Å²) in [5.74, 6) is 0.542. The van der Waals surface area contributed by atoms with Crippen LogP contribution in [-0.4, -0.2) is 18.1 Å². The number of nitrogens with two attached hydrogens (primary N) is 1. The second-order valence-electron chi connectivity index (χ2n) is 5.37. The van der Waals surface area contributed by atoms with Gasteiger partial charge in [-0.3, -0.25) is 4.79 Å². The number of rotatable bonds is 5. The Hall–Kier alpha value is -1.26. The van der Waals surface area contributed by atoms with Gasteiger partial charge in [-0.05, 0) is 38.0 Å². The molecule has 1 amide bonds. The summed E-state index contributed by atoms with van der Waals surface area (Å²) in [6.07, 6.45) is 4.37. The van der Waals surface area contributed by atoms with E-state index in [9.17, 15) is 4.79 Å². The van der Waals surface area contributed by atoms with E-state index in [0.29, 0.717) is 29.5 Å². The fourth-order valence-electron chi connectivity index (χ4n) is 2.65. The number of halogens is 1. The van der Waals surface area contributed by atoms with Crippen LogP contribution >= 0.6 is 11.6 Å². The quantitative estimate of drug-likeness (QED) is 0.876. The maximum atomic E-state index is 12.2.